The first-order valence-electron chi connectivity index (χ1n) is 6.04. The molecule has 18 heavy (non-hydrogen) atoms. The van der Waals surface area contributed by atoms with Gasteiger partial charge in [0.2, 0.25) is 11.8 Å². The fourth-order valence-corrected chi connectivity index (χ4v) is 2.02. The maximum atomic E-state index is 12.0. The number of nitrogens with two attached hydrogens (primary N) is 1. The zero-order chi connectivity index (χ0) is 13.1. The van der Waals surface area contributed by atoms with Crippen LogP contribution in [0.2, 0.25) is 0 Å². The number of nitrogens with zero attached hydrogens (tertiary/aromatic N) is 1. The molecular weight excluding hydrogens is 254 g/mol. The van der Waals surface area contributed by atoms with Crippen LogP contribution in [0.1, 0.15) is 19.3 Å². The molecule has 1 aliphatic heterocycles. The first kappa shape index (κ1) is 13.2. The normalized spacial score (nSPS) is 23.6. The van der Waals surface area contributed by atoms with Crippen molar-refractivity contribution in [3.05, 3.63) is 0 Å². The number of ether oxygens (including phenoxy) is 1. The lowest BCUT2D eigenvalue weighted by atomic mass is 10.2. The molecule has 2 fully saturated rings. The maximum absolute atomic E-state index is 12.0. The van der Waals surface area contributed by atoms with Crippen LogP contribution in [0, 0.1) is 0 Å². The molecule has 1 atom stereocenters. The van der Waals surface area contributed by atoms with E-state index in [1.165, 1.54) is 4.90 Å². The van der Waals surface area contributed by atoms with Gasteiger partial charge in [-0.3, -0.25) is 9.59 Å². The molecule has 100 valence electrons. The van der Waals surface area contributed by atoms with Crippen LogP contribution >= 0.6 is 12.2 Å². The Labute approximate surface area is 111 Å². The molecule has 1 unspecified atom stereocenters. The van der Waals surface area contributed by atoms with Gasteiger partial charge in [0, 0.05) is 12.6 Å². The molecule has 0 radical (unpaired) electrons. The largest absolute Gasteiger partial charge is 0.393 e. The number of amides is 2. The van der Waals surface area contributed by atoms with Gasteiger partial charge in [-0.25, -0.2) is 0 Å². The molecule has 3 N–H and O–H groups in total. The number of carbonyl (C=O) groups is 2. The van der Waals surface area contributed by atoms with Crippen LogP contribution in [0.25, 0.3) is 0 Å². The zero-order valence-electron chi connectivity index (χ0n) is 10.1. The van der Waals surface area contributed by atoms with E-state index in [1.54, 1.807) is 0 Å². The highest BCUT2D eigenvalue weighted by Gasteiger charge is 2.35. The Morgan fingerprint density at radius 2 is 2.17 bits per heavy atom. The van der Waals surface area contributed by atoms with Gasteiger partial charge in [-0.15, -0.1) is 0 Å². The topological polar surface area (TPSA) is 84.7 Å². The summed E-state index contributed by atoms with van der Waals surface area (Å²) in [6.45, 7) is 1.09. The average Bonchev–Trinajstić information content (AvgIpc) is 3.12. The first-order chi connectivity index (χ1) is 8.58. The Morgan fingerprint density at radius 1 is 1.44 bits per heavy atom. The molecule has 2 rings (SSSR count). The average molecular weight is 271 g/mol. The second-order valence-corrected chi connectivity index (χ2v) is 5.13. The third kappa shape index (κ3) is 3.39. The van der Waals surface area contributed by atoms with Crippen LogP contribution in [0.3, 0.4) is 0 Å². The highest BCUT2D eigenvalue weighted by atomic mass is 32.1. The number of nitrogens with one attached hydrogen (secondary N) is 1. The quantitative estimate of drug-likeness (QED) is 0.652. The van der Waals surface area contributed by atoms with Crippen molar-refractivity contribution in [3.63, 3.8) is 0 Å². The minimum atomic E-state index is -0.554. The van der Waals surface area contributed by atoms with E-state index in [-0.39, 0.29) is 35.9 Å². The summed E-state index contributed by atoms with van der Waals surface area (Å²) in [6, 6.07) is -0.284. The summed E-state index contributed by atoms with van der Waals surface area (Å²) in [6.07, 6.45) is 2.03. The molecule has 7 heteroatoms. The first-order valence-corrected chi connectivity index (χ1v) is 6.44. The Morgan fingerprint density at radius 3 is 2.78 bits per heavy atom. The highest BCUT2D eigenvalue weighted by Crippen LogP contribution is 2.19. The molecule has 0 aromatic carbocycles. The van der Waals surface area contributed by atoms with E-state index in [1.807, 2.05) is 0 Å². The molecule has 0 spiro atoms. The molecule has 0 aromatic heterocycles. The second kappa shape index (κ2) is 5.62. The van der Waals surface area contributed by atoms with Crippen molar-refractivity contribution in [2.75, 3.05) is 19.8 Å². The number of thiocarbonyl (C=S) groups is 1. The Balaban J connectivity index is 1.97. The summed E-state index contributed by atoms with van der Waals surface area (Å²) in [4.78, 5) is 25.6. The van der Waals surface area contributed by atoms with E-state index in [4.69, 9.17) is 22.7 Å². The fourth-order valence-electron chi connectivity index (χ4n) is 1.90. The molecule has 1 saturated carbocycles. The Bertz CT molecular complexity index is 371. The van der Waals surface area contributed by atoms with Gasteiger partial charge >= 0.3 is 0 Å². The highest BCUT2D eigenvalue weighted by molar-refractivity contribution is 7.80. The minimum Gasteiger partial charge on any atom is -0.393 e. The third-order valence-corrected chi connectivity index (χ3v) is 3.14. The molecule has 1 aliphatic carbocycles. The summed E-state index contributed by atoms with van der Waals surface area (Å²) in [5.41, 5.74) is 5.36. The lowest BCUT2D eigenvalue weighted by molar-refractivity contribution is -0.147. The SMILES string of the molecule is NC(=S)CC(=O)N1CCOCC1C(=O)NC1CC1. The van der Waals surface area contributed by atoms with Gasteiger partial charge in [-0.1, -0.05) is 12.2 Å². The summed E-state index contributed by atoms with van der Waals surface area (Å²) in [5, 5.41) is 2.88. The molecule has 2 aliphatic rings. The van der Waals surface area contributed by atoms with Gasteiger partial charge in [-0.2, -0.15) is 0 Å². The van der Waals surface area contributed by atoms with Crippen LogP contribution in [0.4, 0.5) is 0 Å². The summed E-state index contributed by atoms with van der Waals surface area (Å²) in [5.74, 6) is -0.352. The zero-order valence-corrected chi connectivity index (χ0v) is 10.9. The fraction of sp³-hybridized carbons (Fsp3) is 0.727. The van der Waals surface area contributed by atoms with Crippen molar-refractivity contribution in [2.45, 2.75) is 31.3 Å². The van der Waals surface area contributed by atoms with Crippen molar-refractivity contribution >= 4 is 29.0 Å². The summed E-state index contributed by atoms with van der Waals surface area (Å²) >= 11 is 4.72. The molecule has 0 bridgehead atoms. The van der Waals surface area contributed by atoms with Crippen molar-refractivity contribution in [1.29, 1.82) is 0 Å². The molecular formula is C11H17N3O3S. The van der Waals surface area contributed by atoms with Crippen molar-refractivity contribution in [3.8, 4) is 0 Å². The maximum Gasteiger partial charge on any atom is 0.245 e. The second-order valence-electron chi connectivity index (χ2n) is 4.60. The number of hydrogen-bond donors (Lipinski definition) is 2. The van der Waals surface area contributed by atoms with E-state index in [0.29, 0.717) is 13.2 Å². The molecule has 1 saturated heterocycles. The Kier molecular flexibility index (Phi) is 4.13. The van der Waals surface area contributed by atoms with Crippen molar-refractivity contribution < 1.29 is 14.3 Å². The van der Waals surface area contributed by atoms with Crippen LogP contribution < -0.4 is 11.1 Å². The smallest absolute Gasteiger partial charge is 0.245 e. The van der Waals surface area contributed by atoms with Gasteiger partial charge in [0.1, 0.15) is 6.04 Å². The van der Waals surface area contributed by atoms with E-state index >= 15 is 0 Å². The van der Waals surface area contributed by atoms with E-state index in [9.17, 15) is 9.59 Å². The van der Waals surface area contributed by atoms with Gasteiger partial charge in [-0.05, 0) is 12.8 Å². The number of rotatable bonds is 4. The van der Waals surface area contributed by atoms with Gasteiger partial charge < -0.3 is 20.7 Å². The summed E-state index contributed by atoms with van der Waals surface area (Å²) < 4.78 is 5.27. The van der Waals surface area contributed by atoms with Crippen LogP contribution in [0.5, 0.6) is 0 Å². The van der Waals surface area contributed by atoms with Gasteiger partial charge in [0.25, 0.3) is 0 Å². The van der Waals surface area contributed by atoms with Gasteiger partial charge in [0.15, 0.2) is 0 Å². The number of carbonyl (C=O) groups excluding carboxylic acids is 2. The van der Waals surface area contributed by atoms with Crippen molar-refractivity contribution in [2.24, 2.45) is 5.73 Å². The predicted molar refractivity (Wildman–Crippen MR) is 68.9 cm³/mol. The van der Waals surface area contributed by atoms with E-state index in [0.717, 1.165) is 12.8 Å². The molecule has 6 nitrogen and oxygen atoms in total. The van der Waals surface area contributed by atoms with E-state index < -0.39 is 6.04 Å². The third-order valence-electron chi connectivity index (χ3n) is 3.00. The minimum absolute atomic E-state index is 0.00252. The van der Waals surface area contributed by atoms with E-state index in [2.05, 4.69) is 5.32 Å². The monoisotopic (exact) mass is 271 g/mol. The Hall–Kier alpha value is -1.21. The standard InChI is InChI=1S/C11H17N3O3S/c12-9(18)5-10(15)14-3-4-17-6-8(14)11(16)13-7-1-2-7/h7-8H,1-6H2,(H2,12,18)(H,13,16). The van der Waals surface area contributed by atoms with Crippen LogP contribution in [0.15, 0.2) is 0 Å². The molecule has 1 heterocycles. The molecule has 0 aromatic rings. The van der Waals surface area contributed by atoms with Crippen LogP contribution in [-0.2, 0) is 14.3 Å². The lowest BCUT2D eigenvalue weighted by Gasteiger charge is -2.34. The predicted octanol–water partition coefficient (Wildman–Crippen LogP) is -0.831. The van der Waals surface area contributed by atoms with Crippen molar-refractivity contribution in [1.82, 2.24) is 10.2 Å². The number of morpholine rings is 1. The summed E-state index contributed by atoms with van der Waals surface area (Å²) in [7, 11) is 0. The number of hydrogen-bond acceptors (Lipinski definition) is 4. The lowest BCUT2D eigenvalue weighted by Crippen LogP contribution is -2.56. The van der Waals surface area contributed by atoms with Crippen LogP contribution in [-0.4, -0.2) is 53.5 Å². The van der Waals surface area contributed by atoms with Gasteiger partial charge in [0.05, 0.1) is 24.6 Å². The molecule has 2 amide bonds.